The van der Waals surface area contributed by atoms with Crippen molar-refractivity contribution in [3.8, 4) is 0 Å². The minimum absolute atomic E-state index is 0.0721. The van der Waals surface area contributed by atoms with E-state index in [0.717, 1.165) is 19.6 Å². The van der Waals surface area contributed by atoms with Crippen molar-refractivity contribution >= 4 is 15.9 Å². The normalized spacial score (nSPS) is 12.0. The van der Waals surface area contributed by atoms with Crippen LogP contribution in [0.15, 0.2) is 29.2 Å². The van der Waals surface area contributed by atoms with Crippen molar-refractivity contribution in [3.63, 3.8) is 0 Å². The molecule has 160 valence electrons. The van der Waals surface area contributed by atoms with Gasteiger partial charge in [0.05, 0.1) is 11.5 Å². The standard InChI is InChI=1S/C20H35N3O4S/c1-6-22(7-2)13-14-23(16-17(3)4)20(24)18-8-10-19(11-9-18)28(25,26)21-12-15-27-5/h8-11,17,21H,6-7,12-16H2,1-5H3. The predicted molar refractivity (Wildman–Crippen MR) is 112 cm³/mol. The number of ether oxygens (including phenoxy) is 1. The lowest BCUT2D eigenvalue weighted by molar-refractivity contribution is 0.0716. The molecule has 1 aromatic carbocycles. The van der Waals surface area contributed by atoms with Crippen molar-refractivity contribution in [3.05, 3.63) is 29.8 Å². The molecule has 1 aromatic rings. The van der Waals surface area contributed by atoms with Crippen LogP contribution in [0.3, 0.4) is 0 Å². The molecule has 0 aliphatic rings. The highest BCUT2D eigenvalue weighted by Crippen LogP contribution is 2.13. The van der Waals surface area contributed by atoms with E-state index in [1.54, 1.807) is 12.1 Å². The summed E-state index contributed by atoms with van der Waals surface area (Å²) >= 11 is 0. The van der Waals surface area contributed by atoms with E-state index in [1.807, 2.05) is 4.90 Å². The van der Waals surface area contributed by atoms with E-state index in [0.29, 0.717) is 31.2 Å². The molecule has 0 radical (unpaired) electrons. The predicted octanol–water partition coefficient (Wildman–Crippen LogP) is 2.05. The van der Waals surface area contributed by atoms with Crippen LogP contribution in [0.5, 0.6) is 0 Å². The van der Waals surface area contributed by atoms with Gasteiger partial charge in [-0.1, -0.05) is 27.7 Å². The number of nitrogens with zero attached hydrogens (tertiary/aromatic N) is 2. The second kappa shape index (κ2) is 12.2. The number of amides is 1. The molecule has 0 spiro atoms. The maximum atomic E-state index is 13.0. The average molecular weight is 414 g/mol. The Morgan fingerprint density at radius 1 is 1.11 bits per heavy atom. The summed E-state index contributed by atoms with van der Waals surface area (Å²) in [5.74, 6) is 0.280. The van der Waals surface area contributed by atoms with Gasteiger partial charge in [-0.3, -0.25) is 4.79 Å². The summed E-state index contributed by atoms with van der Waals surface area (Å²) < 4.78 is 31.8. The molecule has 1 rings (SSSR count). The zero-order chi connectivity index (χ0) is 21.2. The van der Waals surface area contributed by atoms with Crippen molar-refractivity contribution in [1.29, 1.82) is 0 Å². The molecule has 0 heterocycles. The fraction of sp³-hybridized carbons (Fsp3) is 0.650. The highest BCUT2D eigenvalue weighted by Gasteiger charge is 2.19. The van der Waals surface area contributed by atoms with Gasteiger partial charge in [0.25, 0.3) is 5.91 Å². The fourth-order valence-corrected chi connectivity index (χ4v) is 3.85. The summed E-state index contributed by atoms with van der Waals surface area (Å²) in [5.41, 5.74) is 0.496. The van der Waals surface area contributed by atoms with Gasteiger partial charge in [-0.25, -0.2) is 13.1 Å². The Labute approximate surface area is 170 Å². The third-order valence-electron chi connectivity index (χ3n) is 4.46. The molecule has 1 amide bonds. The molecule has 1 N–H and O–H groups in total. The van der Waals surface area contributed by atoms with Gasteiger partial charge in [0.15, 0.2) is 0 Å². The number of carbonyl (C=O) groups is 1. The van der Waals surface area contributed by atoms with Gasteiger partial charge in [-0.05, 0) is 43.3 Å². The number of rotatable bonds is 13. The van der Waals surface area contributed by atoms with Crippen molar-refractivity contribution in [2.75, 3.05) is 53.0 Å². The Morgan fingerprint density at radius 2 is 1.71 bits per heavy atom. The molecule has 0 atom stereocenters. The maximum absolute atomic E-state index is 13.0. The number of likely N-dealkylation sites (N-methyl/N-ethyl adjacent to an activating group) is 1. The number of hydrogen-bond acceptors (Lipinski definition) is 5. The monoisotopic (exact) mass is 413 g/mol. The van der Waals surface area contributed by atoms with E-state index >= 15 is 0 Å². The summed E-state index contributed by atoms with van der Waals surface area (Å²) in [6.45, 7) is 12.9. The molecule has 0 bridgehead atoms. The lowest BCUT2D eigenvalue weighted by Gasteiger charge is -2.28. The van der Waals surface area contributed by atoms with Gasteiger partial charge in [0.1, 0.15) is 0 Å². The summed E-state index contributed by atoms with van der Waals surface area (Å²) in [6, 6.07) is 6.11. The number of methoxy groups -OCH3 is 1. The second-order valence-electron chi connectivity index (χ2n) is 7.09. The summed E-state index contributed by atoms with van der Waals surface area (Å²) in [4.78, 5) is 17.2. The third kappa shape index (κ3) is 7.87. The molecule has 0 aliphatic carbocycles. The molecule has 28 heavy (non-hydrogen) atoms. The van der Waals surface area contributed by atoms with E-state index in [1.165, 1.54) is 19.2 Å². The first-order chi connectivity index (χ1) is 13.2. The van der Waals surface area contributed by atoms with Gasteiger partial charge >= 0.3 is 0 Å². The molecule has 0 saturated heterocycles. The lowest BCUT2D eigenvalue weighted by atomic mass is 10.1. The van der Waals surface area contributed by atoms with E-state index < -0.39 is 10.0 Å². The maximum Gasteiger partial charge on any atom is 0.253 e. The third-order valence-corrected chi connectivity index (χ3v) is 5.94. The van der Waals surface area contributed by atoms with Crippen molar-refractivity contribution in [2.24, 2.45) is 5.92 Å². The van der Waals surface area contributed by atoms with Crippen LogP contribution < -0.4 is 4.72 Å². The number of nitrogens with one attached hydrogen (secondary N) is 1. The summed E-state index contributed by atoms with van der Waals surface area (Å²) in [7, 11) is -2.09. The fourth-order valence-electron chi connectivity index (χ4n) is 2.84. The van der Waals surface area contributed by atoms with Crippen molar-refractivity contribution in [1.82, 2.24) is 14.5 Å². The van der Waals surface area contributed by atoms with Gasteiger partial charge in [0, 0.05) is 38.9 Å². The first-order valence-electron chi connectivity index (χ1n) is 9.85. The Balaban J connectivity index is 2.88. The molecule has 7 nitrogen and oxygen atoms in total. The van der Waals surface area contributed by atoms with E-state index in [4.69, 9.17) is 4.74 Å². The van der Waals surface area contributed by atoms with Crippen LogP contribution in [0.1, 0.15) is 38.1 Å². The quantitative estimate of drug-likeness (QED) is 0.501. The number of benzene rings is 1. The Morgan fingerprint density at radius 3 is 2.21 bits per heavy atom. The molecule has 0 unspecified atom stereocenters. The molecule has 0 fully saturated rings. The van der Waals surface area contributed by atoms with Crippen molar-refractivity contribution in [2.45, 2.75) is 32.6 Å². The van der Waals surface area contributed by atoms with Gasteiger partial charge < -0.3 is 14.5 Å². The second-order valence-corrected chi connectivity index (χ2v) is 8.85. The molecular weight excluding hydrogens is 378 g/mol. The number of sulfonamides is 1. The lowest BCUT2D eigenvalue weighted by Crippen LogP contribution is -2.40. The van der Waals surface area contributed by atoms with Gasteiger partial charge in [-0.15, -0.1) is 0 Å². The van der Waals surface area contributed by atoms with Crippen LogP contribution in [-0.4, -0.2) is 77.1 Å². The minimum atomic E-state index is -3.60. The van der Waals surface area contributed by atoms with Gasteiger partial charge in [0.2, 0.25) is 10.0 Å². The first kappa shape index (κ1) is 24.6. The number of hydrogen-bond donors (Lipinski definition) is 1. The largest absolute Gasteiger partial charge is 0.383 e. The highest BCUT2D eigenvalue weighted by molar-refractivity contribution is 7.89. The molecule has 0 aliphatic heterocycles. The Kier molecular flexibility index (Phi) is 10.7. The van der Waals surface area contributed by atoms with Crippen LogP contribution in [0.25, 0.3) is 0 Å². The zero-order valence-electron chi connectivity index (χ0n) is 17.8. The van der Waals surface area contributed by atoms with Crippen LogP contribution in [0.2, 0.25) is 0 Å². The van der Waals surface area contributed by atoms with E-state index in [9.17, 15) is 13.2 Å². The van der Waals surface area contributed by atoms with E-state index in [-0.39, 0.29) is 17.3 Å². The van der Waals surface area contributed by atoms with Crippen molar-refractivity contribution < 1.29 is 17.9 Å². The molecule has 8 heteroatoms. The summed E-state index contributed by atoms with van der Waals surface area (Å²) in [5, 5.41) is 0. The smallest absolute Gasteiger partial charge is 0.253 e. The highest BCUT2D eigenvalue weighted by atomic mass is 32.2. The zero-order valence-corrected chi connectivity index (χ0v) is 18.6. The van der Waals surface area contributed by atoms with Gasteiger partial charge in [-0.2, -0.15) is 0 Å². The van der Waals surface area contributed by atoms with E-state index in [2.05, 4.69) is 37.3 Å². The average Bonchev–Trinajstić information content (AvgIpc) is 2.67. The first-order valence-corrected chi connectivity index (χ1v) is 11.3. The molecule has 0 aromatic heterocycles. The molecular formula is C20H35N3O4S. The van der Waals surface area contributed by atoms with Crippen LogP contribution in [0.4, 0.5) is 0 Å². The Hall–Kier alpha value is -1.48. The Bertz CT molecular complexity index is 686. The molecule has 0 saturated carbocycles. The topological polar surface area (TPSA) is 79.0 Å². The van der Waals surface area contributed by atoms with Crippen LogP contribution in [-0.2, 0) is 14.8 Å². The van der Waals surface area contributed by atoms with Crippen LogP contribution >= 0.6 is 0 Å². The van der Waals surface area contributed by atoms with Crippen LogP contribution in [0, 0.1) is 5.92 Å². The number of carbonyl (C=O) groups excluding carboxylic acids is 1. The SMILES string of the molecule is CCN(CC)CCN(CC(C)C)C(=O)c1ccc(S(=O)(=O)NCCOC)cc1. The summed E-state index contributed by atoms with van der Waals surface area (Å²) in [6.07, 6.45) is 0. The minimum Gasteiger partial charge on any atom is -0.383 e.